The van der Waals surface area contributed by atoms with Gasteiger partial charge >= 0.3 is 0 Å². The van der Waals surface area contributed by atoms with E-state index in [9.17, 15) is 8.42 Å². The highest BCUT2D eigenvalue weighted by Crippen LogP contribution is 2.28. The van der Waals surface area contributed by atoms with E-state index in [1.165, 1.54) is 5.56 Å². The maximum absolute atomic E-state index is 13.0. The van der Waals surface area contributed by atoms with E-state index in [4.69, 9.17) is 9.47 Å². The normalized spacial score (nSPS) is 16.0. The first-order valence-corrected chi connectivity index (χ1v) is 11.4. The van der Waals surface area contributed by atoms with Crippen LogP contribution in [0, 0.1) is 0 Å². The fourth-order valence-corrected chi connectivity index (χ4v) is 5.05. The number of piperazine rings is 1. The number of rotatable bonds is 8. The van der Waals surface area contributed by atoms with Crippen LogP contribution in [0.25, 0.3) is 0 Å². The highest BCUT2D eigenvalue weighted by Gasteiger charge is 2.28. The molecule has 0 spiro atoms. The van der Waals surface area contributed by atoms with Crippen LogP contribution in [0.5, 0.6) is 11.5 Å². The minimum absolute atomic E-state index is 0.380. The highest BCUT2D eigenvalue weighted by atomic mass is 32.2. The third-order valence-corrected chi connectivity index (χ3v) is 7.20. The van der Waals surface area contributed by atoms with Crippen LogP contribution in [0.4, 0.5) is 0 Å². The monoisotopic (exact) mass is 418 g/mol. The van der Waals surface area contributed by atoms with Gasteiger partial charge in [-0.2, -0.15) is 4.31 Å². The lowest BCUT2D eigenvalue weighted by Gasteiger charge is -2.34. The van der Waals surface area contributed by atoms with Crippen molar-refractivity contribution in [1.82, 2.24) is 9.21 Å². The Morgan fingerprint density at radius 1 is 0.862 bits per heavy atom. The van der Waals surface area contributed by atoms with Crippen LogP contribution in [-0.2, 0) is 23.0 Å². The summed E-state index contributed by atoms with van der Waals surface area (Å²) in [6.07, 6.45) is 2.02. The zero-order valence-corrected chi connectivity index (χ0v) is 18.2. The molecule has 1 aliphatic heterocycles. The van der Waals surface area contributed by atoms with Crippen LogP contribution >= 0.6 is 0 Å². The molecule has 0 amide bonds. The number of methoxy groups -OCH3 is 2. The van der Waals surface area contributed by atoms with Crippen molar-refractivity contribution in [1.29, 1.82) is 0 Å². The SMILES string of the molecule is CCCc1ccc(S(=O)(=O)N2CCN(Cc3ccc(OC)c(OC)c3)CC2)cc1. The third kappa shape index (κ3) is 5.10. The van der Waals surface area contributed by atoms with E-state index in [0.717, 1.165) is 24.9 Å². The van der Waals surface area contributed by atoms with Gasteiger partial charge in [0.25, 0.3) is 0 Å². The first kappa shape index (κ1) is 21.6. The summed E-state index contributed by atoms with van der Waals surface area (Å²) in [5, 5.41) is 0. The molecule has 29 heavy (non-hydrogen) atoms. The second-order valence-electron chi connectivity index (χ2n) is 7.26. The van der Waals surface area contributed by atoms with E-state index < -0.39 is 10.0 Å². The summed E-state index contributed by atoms with van der Waals surface area (Å²) >= 11 is 0. The first-order valence-electron chi connectivity index (χ1n) is 10.00. The van der Waals surface area contributed by atoms with Gasteiger partial charge in [0.2, 0.25) is 10.0 Å². The lowest BCUT2D eigenvalue weighted by Crippen LogP contribution is -2.48. The summed E-state index contributed by atoms with van der Waals surface area (Å²) in [6, 6.07) is 13.2. The average Bonchev–Trinajstić information content (AvgIpc) is 2.74. The molecule has 158 valence electrons. The minimum atomic E-state index is -3.44. The van der Waals surface area contributed by atoms with Gasteiger partial charge in [-0.05, 0) is 41.8 Å². The topological polar surface area (TPSA) is 59.1 Å². The Kier molecular flexibility index (Phi) is 7.16. The molecule has 1 saturated heterocycles. The van der Waals surface area contributed by atoms with Gasteiger partial charge in [0.05, 0.1) is 19.1 Å². The Morgan fingerprint density at radius 2 is 1.48 bits per heavy atom. The molecule has 2 aromatic carbocycles. The molecular weight excluding hydrogens is 388 g/mol. The van der Waals surface area contributed by atoms with Crippen LogP contribution in [0.2, 0.25) is 0 Å². The lowest BCUT2D eigenvalue weighted by atomic mass is 10.1. The molecule has 1 heterocycles. The minimum Gasteiger partial charge on any atom is -0.493 e. The maximum atomic E-state index is 13.0. The molecule has 0 radical (unpaired) electrons. The Morgan fingerprint density at radius 3 is 2.07 bits per heavy atom. The summed E-state index contributed by atoms with van der Waals surface area (Å²) in [5.41, 5.74) is 2.29. The number of aryl methyl sites for hydroxylation is 1. The Labute approximate surface area is 174 Å². The maximum Gasteiger partial charge on any atom is 0.243 e. The number of benzene rings is 2. The number of hydrogen-bond donors (Lipinski definition) is 0. The van der Waals surface area contributed by atoms with Crippen molar-refractivity contribution in [2.75, 3.05) is 40.4 Å². The summed E-state index contributed by atoms with van der Waals surface area (Å²) in [7, 11) is -0.195. The smallest absolute Gasteiger partial charge is 0.243 e. The molecule has 0 saturated carbocycles. The molecule has 1 fully saturated rings. The van der Waals surface area contributed by atoms with Gasteiger partial charge in [-0.25, -0.2) is 8.42 Å². The van der Waals surface area contributed by atoms with Crippen molar-refractivity contribution in [3.63, 3.8) is 0 Å². The van der Waals surface area contributed by atoms with Gasteiger partial charge in [0.1, 0.15) is 0 Å². The molecule has 0 N–H and O–H groups in total. The quantitative estimate of drug-likeness (QED) is 0.659. The first-order chi connectivity index (χ1) is 14.0. The summed E-state index contributed by atoms with van der Waals surface area (Å²) in [6.45, 7) is 5.24. The lowest BCUT2D eigenvalue weighted by molar-refractivity contribution is 0.181. The van der Waals surface area contributed by atoms with Gasteiger partial charge in [0.15, 0.2) is 11.5 Å². The number of nitrogens with zero attached hydrogens (tertiary/aromatic N) is 2. The second-order valence-corrected chi connectivity index (χ2v) is 9.20. The van der Waals surface area contributed by atoms with Gasteiger partial charge in [0, 0.05) is 32.7 Å². The van der Waals surface area contributed by atoms with Gasteiger partial charge < -0.3 is 9.47 Å². The number of sulfonamides is 1. The van der Waals surface area contributed by atoms with Crippen LogP contribution in [0.3, 0.4) is 0 Å². The van der Waals surface area contributed by atoms with Crippen LogP contribution < -0.4 is 9.47 Å². The van der Waals surface area contributed by atoms with E-state index in [1.807, 2.05) is 30.3 Å². The fraction of sp³-hybridized carbons (Fsp3) is 0.455. The molecule has 0 atom stereocenters. The van der Waals surface area contributed by atoms with Crippen molar-refractivity contribution in [2.24, 2.45) is 0 Å². The predicted octanol–water partition coefficient (Wildman–Crippen LogP) is 3.16. The van der Waals surface area contributed by atoms with Crippen LogP contribution in [0.15, 0.2) is 47.4 Å². The second kappa shape index (κ2) is 9.61. The Balaban J connectivity index is 1.61. The zero-order chi connectivity index (χ0) is 20.9. The average molecular weight is 419 g/mol. The molecule has 0 aliphatic carbocycles. The summed E-state index contributed by atoms with van der Waals surface area (Å²) in [5.74, 6) is 1.41. The largest absolute Gasteiger partial charge is 0.493 e. The molecule has 7 heteroatoms. The van der Waals surface area contributed by atoms with Crippen molar-refractivity contribution in [2.45, 2.75) is 31.2 Å². The molecule has 0 unspecified atom stereocenters. The van der Waals surface area contributed by atoms with E-state index in [2.05, 4.69) is 11.8 Å². The molecule has 3 rings (SSSR count). The molecule has 0 bridgehead atoms. The fourth-order valence-electron chi connectivity index (χ4n) is 3.63. The van der Waals surface area contributed by atoms with E-state index in [1.54, 1.807) is 30.7 Å². The third-order valence-electron chi connectivity index (χ3n) is 5.29. The Hall–Kier alpha value is -2.09. The van der Waals surface area contributed by atoms with Crippen molar-refractivity contribution in [3.05, 3.63) is 53.6 Å². The van der Waals surface area contributed by atoms with Gasteiger partial charge in [-0.15, -0.1) is 0 Å². The summed E-state index contributed by atoms with van der Waals surface area (Å²) < 4.78 is 38.1. The van der Waals surface area contributed by atoms with E-state index in [-0.39, 0.29) is 0 Å². The number of hydrogen-bond acceptors (Lipinski definition) is 5. The standard InChI is InChI=1S/C22H30N2O4S/c1-4-5-18-6-9-20(10-7-18)29(25,26)24-14-12-23(13-15-24)17-19-8-11-21(27-2)22(16-19)28-3/h6-11,16H,4-5,12-15,17H2,1-3H3. The van der Waals surface area contributed by atoms with Gasteiger partial charge in [-0.1, -0.05) is 31.5 Å². The molecule has 0 aromatic heterocycles. The van der Waals surface area contributed by atoms with Crippen LogP contribution in [-0.4, -0.2) is 58.0 Å². The van der Waals surface area contributed by atoms with E-state index in [0.29, 0.717) is 42.6 Å². The van der Waals surface area contributed by atoms with Crippen molar-refractivity contribution >= 4 is 10.0 Å². The molecule has 1 aliphatic rings. The molecule has 6 nitrogen and oxygen atoms in total. The van der Waals surface area contributed by atoms with Gasteiger partial charge in [-0.3, -0.25) is 4.90 Å². The highest BCUT2D eigenvalue weighted by molar-refractivity contribution is 7.89. The molecular formula is C22H30N2O4S. The predicted molar refractivity (Wildman–Crippen MR) is 114 cm³/mol. The van der Waals surface area contributed by atoms with E-state index >= 15 is 0 Å². The van der Waals surface area contributed by atoms with Crippen molar-refractivity contribution < 1.29 is 17.9 Å². The van der Waals surface area contributed by atoms with Crippen LogP contribution in [0.1, 0.15) is 24.5 Å². The Bertz CT molecular complexity index is 905. The number of ether oxygens (including phenoxy) is 2. The van der Waals surface area contributed by atoms with Crippen molar-refractivity contribution in [3.8, 4) is 11.5 Å². The molecule has 2 aromatic rings. The summed E-state index contributed by atoms with van der Waals surface area (Å²) in [4.78, 5) is 2.64. The zero-order valence-electron chi connectivity index (χ0n) is 17.4.